The number of aromatic nitrogens is 1. The van der Waals surface area contributed by atoms with Gasteiger partial charge in [0.25, 0.3) is 0 Å². The lowest BCUT2D eigenvalue weighted by atomic mass is 9.75. The number of nitrogens with zero attached hydrogens (tertiary/aromatic N) is 1. The topological polar surface area (TPSA) is 60.1 Å². The standard InChI is InChI=1S/C12H19N3O/c13-12(4-3-5-12)10-11(16)14-6-9-15-7-1-2-8-15/h1-2,7-8H,3-6,9-10,13H2,(H,14,16). The highest BCUT2D eigenvalue weighted by molar-refractivity contribution is 5.77. The van der Waals surface area contributed by atoms with Crippen molar-refractivity contribution in [2.45, 2.75) is 37.8 Å². The van der Waals surface area contributed by atoms with Gasteiger partial charge in [-0.15, -0.1) is 0 Å². The van der Waals surface area contributed by atoms with Crippen molar-refractivity contribution in [3.63, 3.8) is 0 Å². The molecule has 0 saturated heterocycles. The Morgan fingerprint density at radius 3 is 2.62 bits per heavy atom. The molecule has 1 fully saturated rings. The lowest BCUT2D eigenvalue weighted by molar-refractivity contribution is -0.123. The predicted molar refractivity (Wildman–Crippen MR) is 62.8 cm³/mol. The molecule has 1 aromatic rings. The first kappa shape index (κ1) is 11.2. The monoisotopic (exact) mass is 221 g/mol. The van der Waals surface area contributed by atoms with Gasteiger partial charge in [-0.2, -0.15) is 0 Å². The molecule has 88 valence electrons. The fourth-order valence-electron chi connectivity index (χ4n) is 2.03. The Morgan fingerprint density at radius 2 is 2.06 bits per heavy atom. The molecule has 0 spiro atoms. The Hall–Kier alpha value is -1.29. The van der Waals surface area contributed by atoms with Gasteiger partial charge in [0.1, 0.15) is 0 Å². The average Bonchev–Trinajstić information content (AvgIpc) is 2.68. The number of nitrogens with one attached hydrogen (secondary N) is 1. The van der Waals surface area contributed by atoms with Crippen LogP contribution >= 0.6 is 0 Å². The summed E-state index contributed by atoms with van der Waals surface area (Å²) in [5.41, 5.74) is 5.79. The minimum absolute atomic E-state index is 0.0781. The Balaban J connectivity index is 1.64. The van der Waals surface area contributed by atoms with Crippen LogP contribution in [0.15, 0.2) is 24.5 Å². The summed E-state index contributed by atoms with van der Waals surface area (Å²) < 4.78 is 2.04. The SMILES string of the molecule is NC1(CC(=O)NCCn2cccc2)CCC1. The molecule has 0 radical (unpaired) electrons. The summed E-state index contributed by atoms with van der Waals surface area (Å²) in [6.07, 6.45) is 7.58. The fraction of sp³-hybridized carbons (Fsp3) is 0.583. The predicted octanol–water partition coefficient (Wildman–Crippen LogP) is 0.876. The van der Waals surface area contributed by atoms with Crippen LogP contribution in [0.1, 0.15) is 25.7 Å². The first-order valence-corrected chi connectivity index (χ1v) is 5.84. The minimum atomic E-state index is -0.211. The van der Waals surface area contributed by atoms with Gasteiger partial charge in [-0.25, -0.2) is 0 Å². The van der Waals surface area contributed by atoms with Gasteiger partial charge in [-0.1, -0.05) is 0 Å². The van der Waals surface area contributed by atoms with Gasteiger partial charge in [0, 0.05) is 37.4 Å². The van der Waals surface area contributed by atoms with E-state index < -0.39 is 0 Å². The number of nitrogens with two attached hydrogens (primary N) is 1. The third kappa shape index (κ3) is 2.85. The molecule has 4 nitrogen and oxygen atoms in total. The molecule has 1 amide bonds. The molecule has 1 aliphatic rings. The molecule has 0 aliphatic heterocycles. The van der Waals surface area contributed by atoms with Crippen molar-refractivity contribution in [3.05, 3.63) is 24.5 Å². The van der Waals surface area contributed by atoms with Gasteiger partial charge in [-0.3, -0.25) is 4.79 Å². The molecule has 0 aromatic carbocycles. The first-order valence-electron chi connectivity index (χ1n) is 5.84. The Kier molecular flexibility index (Phi) is 3.29. The van der Waals surface area contributed by atoms with E-state index in [1.165, 1.54) is 0 Å². The second-order valence-electron chi connectivity index (χ2n) is 4.66. The maximum Gasteiger partial charge on any atom is 0.221 e. The van der Waals surface area contributed by atoms with Gasteiger partial charge in [0.2, 0.25) is 5.91 Å². The maximum atomic E-state index is 11.6. The summed E-state index contributed by atoms with van der Waals surface area (Å²) in [6.45, 7) is 1.49. The molecule has 0 unspecified atom stereocenters. The third-order valence-corrected chi connectivity index (χ3v) is 3.22. The number of hydrogen-bond donors (Lipinski definition) is 2. The average molecular weight is 221 g/mol. The van der Waals surface area contributed by atoms with E-state index >= 15 is 0 Å². The van der Waals surface area contributed by atoms with E-state index in [1.54, 1.807) is 0 Å². The largest absolute Gasteiger partial charge is 0.354 e. The molecule has 16 heavy (non-hydrogen) atoms. The zero-order chi connectivity index (χ0) is 11.4. The molecule has 0 bridgehead atoms. The number of carbonyl (C=O) groups excluding carboxylic acids is 1. The van der Waals surface area contributed by atoms with Gasteiger partial charge < -0.3 is 15.6 Å². The minimum Gasteiger partial charge on any atom is -0.354 e. The van der Waals surface area contributed by atoms with Gasteiger partial charge in [0.05, 0.1) is 0 Å². The third-order valence-electron chi connectivity index (χ3n) is 3.22. The van der Waals surface area contributed by atoms with Crippen LogP contribution < -0.4 is 11.1 Å². The maximum absolute atomic E-state index is 11.6. The van der Waals surface area contributed by atoms with E-state index in [0.29, 0.717) is 13.0 Å². The molecular formula is C12H19N3O. The molecule has 1 saturated carbocycles. The molecule has 1 aliphatic carbocycles. The van der Waals surface area contributed by atoms with Crippen molar-refractivity contribution < 1.29 is 4.79 Å². The van der Waals surface area contributed by atoms with E-state index in [2.05, 4.69) is 5.32 Å². The van der Waals surface area contributed by atoms with Crippen LogP contribution in [-0.2, 0) is 11.3 Å². The smallest absolute Gasteiger partial charge is 0.221 e. The van der Waals surface area contributed by atoms with Crippen LogP contribution in [0.3, 0.4) is 0 Å². The van der Waals surface area contributed by atoms with Gasteiger partial charge in [-0.05, 0) is 31.4 Å². The fourth-order valence-corrected chi connectivity index (χ4v) is 2.03. The lowest BCUT2D eigenvalue weighted by Crippen LogP contribution is -2.50. The van der Waals surface area contributed by atoms with Crippen LogP contribution in [0, 0.1) is 0 Å². The highest BCUT2D eigenvalue weighted by Crippen LogP contribution is 2.31. The second kappa shape index (κ2) is 4.70. The van der Waals surface area contributed by atoms with E-state index in [4.69, 9.17) is 5.73 Å². The van der Waals surface area contributed by atoms with Crippen molar-refractivity contribution in [1.29, 1.82) is 0 Å². The molecule has 1 aromatic heterocycles. The number of carbonyl (C=O) groups is 1. The van der Waals surface area contributed by atoms with Crippen LogP contribution in [0.4, 0.5) is 0 Å². The number of amides is 1. The summed E-state index contributed by atoms with van der Waals surface area (Å²) >= 11 is 0. The van der Waals surface area contributed by atoms with Gasteiger partial charge >= 0.3 is 0 Å². The molecule has 2 rings (SSSR count). The zero-order valence-corrected chi connectivity index (χ0v) is 9.48. The van der Waals surface area contributed by atoms with Crippen LogP contribution in [0.2, 0.25) is 0 Å². The second-order valence-corrected chi connectivity index (χ2v) is 4.66. The van der Waals surface area contributed by atoms with Crippen LogP contribution in [0.25, 0.3) is 0 Å². The van der Waals surface area contributed by atoms with Crippen molar-refractivity contribution in [2.75, 3.05) is 6.54 Å². The van der Waals surface area contributed by atoms with Crippen LogP contribution in [-0.4, -0.2) is 22.6 Å². The van der Waals surface area contributed by atoms with E-state index in [9.17, 15) is 4.79 Å². The Labute approximate surface area is 95.8 Å². The summed E-state index contributed by atoms with van der Waals surface area (Å²) in [4.78, 5) is 11.6. The summed E-state index contributed by atoms with van der Waals surface area (Å²) in [6, 6.07) is 3.95. The van der Waals surface area contributed by atoms with Crippen molar-refractivity contribution in [3.8, 4) is 0 Å². The molecule has 0 atom stereocenters. The summed E-state index contributed by atoms with van der Waals surface area (Å²) in [5, 5.41) is 2.91. The summed E-state index contributed by atoms with van der Waals surface area (Å²) in [7, 11) is 0. The van der Waals surface area contributed by atoms with Crippen molar-refractivity contribution in [1.82, 2.24) is 9.88 Å². The van der Waals surface area contributed by atoms with E-state index in [1.807, 2.05) is 29.1 Å². The quantitative estimate of drug-likeness (QED) is 0.775. The van der Waals surface area contributed by atoms with Crippen molar-refractivity contribution >= 4 is 5.91 Å². The molecule has 3 N–H and O–H groups in total. The molecular weight excluding hydrogens is 202 g/mol. The van der Waals surface area contributed by atoms with E-state index in [-0.39, 0.29) is 11.4 Å². The van der Waals surface area contributed by atoms with Gasteiger partial charge in [0.15, 0.2) is 0 Å². The van der Waals surface area contributed by atoms with Crippen molar-refractivity contribution in [2.24, 2.45) is 5.73 Å². The highest BCUT2D eigenvalue weighted by atomic mass is 16.1. The molecule has 4 heteroatoms. The van der Waals surface area contributed by atoms with E-state index in [0.717, 1.165) is 25.8 Å². The highest BCUT2D eigenvalue weighted by Gasteiger charge is 2.34. The summed E-state index contributed by atoms with van der Waals surface area (Å²) in [5.74, 6) is 0.0781. The molecule has 1 heterocycles. The Morgan fingerprint density at radius 1 is 1.38 bits per heavy atom. The first-order chi connectivity index (χ1) is 7.68. The number of hydrogen-bond acceptors (Lipinski definition) is 2. The van der Waals surface area contributed by atoms with Crippen LogP contribution in [0.5, 0.6) is 0 Å². The number of rotatable bonds is 5. The Bertz CT molecular complexity index is 341. The lowest BCUT2D eigenvalue weighted by Gasteiger charge is -2.37. The normalized spacial score (nSPS) is 17.8. The zero-order valence-electron chi connectivity index (χ0n) is 9.48.